The van der Waals surface area contributed by atoms with Crippen LogP contribution in [0, 0.1) is 13.8 Å². The van der Waals surface area contributed by atoms with Gasteiger partial charge < -0.3 is 24.4 Å². The Morgan fingerprint density at radius 2 is 1.96 bits per heavy atom. The zero-order valence-corrected chi connectivity index (χ0v) is 18.9. The number of ether oxygens (including phenoxy) is 3. The molecular formula is C20H32IN3O3. The van der Waals surface area contributed by atoms with Crippen LogP contribution in [0.15, 0.2) is 23.2 Å². The van der Waals surface area contributed by atoms with Gasteiger partial charge in [0.1, 0.15) is 18.5 Å². The highest BCUT2D eigenvalue weighted by atomic mass is 127. The molecule has 27 heavy (non-hydrogen) atoms. The molecule has 2 heterocycles. The summed E-state index contributed by atoms with van der Waals surface area (Å²) < 4.78 is 17.7. The van der Waals surface area contributed by atoms with E-state index in [1.807, 2.05) is 7.05 Å². The predicted molar refractivity (Wildman–Crippen MR) is 118 cm³/mol. The molecule has 2 saturated heterocycles. The molecule has 0 aliphatic carbocycles. The number of nitrogens with zero attached hydrogens (tertiary/aromatic N) is 2. The van der Waals surface area contributed by atoms with E-state index in [1.165, 1.54) is 11.1 Å². The number of rotatable bonds is 5. The number of morpholine rings is 1. The minimum atomic E-state index is 0. The van der Waals surface area contributed by atoms with Gasteiger partial charge in [0.15, 0.2) is 5.96 Å². The van der Waals surface area contributed by atoms with Crippen molar-refractivity contribution >= 4 is 29.9 Å². The van der Waals surface area contributed by atoms with Crippen molar-refractivity contribution in [3.05, 3.63) is 29.3 Å². The number of guanidine groups is 1. The lowest BCUT2D eigenvalue weighted by Gasteiger charge is -2.37. The number of aryl methyl sites for hydroxylation is 2. The fourth-order valence-electron chi connectivity index (χ4n) is 3.66. The topological polar surface area (TPSA) is 55.3 Å². The van der Waals surface area contributed by atoms with E-state index in [2.05, 4.69) is 47.3 Å². The molecular weight excluding hydrogens is 457 g/mol. The lowest BCUT2D eigenvalue weighted by atomic mass is 10.1. The van der Waals surface area contributed by atoms with E-state index in [9.17, 15) is 0 Å². The number of benzene rings is 1. The first-order chi connectivity index (χ1) is 12.7. The van der Waals surface area contributed by atoms with Crippen LogP contribution in [0.2, 0.25) is 0 Å². The summed E-state index contributed by atoms with van der Waals surface area (Å²) in [5.74, 6) is 1.88. The zero-order valence-electron chi connectivity index (χ0n) is 16.6. The Balaban J connectivity index is 0.00000261. The molecule has 152 valence electrons. The number of halogens is 1. The monoisotopic (exact) mass is 489 g/mol. The molecule has 0 amide bonds. The molecule has 2 atom stereocenters. The van der Waals surface area contributed by atoms with Gasteiger partial charge in [-0.25, -0.2) is 0 Å². The minimum absolute atomic E-state index is 0. The van der Waals surface area contributed by atoms with Crippen molar-refractivity contribution < 1.29 is 14.2 Å². The van der Waals surface area contributed by atoms with Gasteiger partial charge in [0.25, 0.3) is 0 Å². The molecule has 2 unspecified atom stereocenters. The molecule has 0 saturated carbocycles. The predicted octanol–water partition coefficient (Wildman–Crippen LogP) is 2.76. The van der Waals surface area contributed by atoms with Crippen LogP contribution in [-0.4, -0.2) is 69.6 Å². The SMILES string of the molecule is CN=C(NCCOc1c(C)cccc1C)N1CCOC(C2CCCO2)C1.I. The third kappa shape index (κ3) is 5.96. The van der Waals surface area contributed by atoms with Crippen LogP contribution in [0.5, 0.6) is 5.75 Å². The normalized spacial score (nSPS) is 23.1. The Morgan fingerprint density at radius 3 is 2.63 bits per heavy atom. The van der Waals surface area contributed by atoms with Gasteiger partial charge in [-0.05, 0) is 37.8 Å². The summed E-state index contributed by atoms with van der Waals surface area (Å²) in [6.07, 6.45) is 2.58. The van der Waals surface area contributed by atoms with Gasteiger partial charge in [0, 0.05) is 26.7 Å². The van der Waals surface area contributed by atoms with Gasteiger partial charge in [0.2, 0.25) is 0 Å². The zero-order chi connectivity index (χ0) is 18.4. The summed E-state index contributed by atoms with van der Waals surface area (Å²) in [6.45, 7) is 8.70. The van der Waals surface area contributed by atoms with Crippen LogP contribution in [0.4, 0.5) is 0 Å². The van der Waals surface area contributed by atoms with E-state index < -0.39 is 0 Å². The molecule has 0 radical (unpaired) electrons. The van der Waals surface area contributed by atoms with Crippen molar-refractivity contribution in [1.82, 2.24) is 10.2 Å². The first kappa shape index (κ1) is 22.2. The molecule has 1 aromatic carbocycles. The average Bonchev–Trinajstić information content (AvgIpc) is 3.19. The highest BCUT2D eigenvalue weighted by molar-refractivity contribution is 14.0. The minimum Gasteiger partial charge on any atom is -0.491 e. The van der Waals surface area contributed by atoms with Gasteiger partial charge in [-0.15, -0.1) is 24.0 Å². The largest absolute Gasteiger partial charge is 0.491 e. The number of aliphatic imine (C=N–C) groups is 1. The smallest absolute Gasteiger partial charge is 0.193 e. The van der Waals surface area contributed by atoms with Crippen LogP contribution >= 0.6 is 24.0 Å². The molecule has 6 nitrogen and oxygen atoms in total. The third-order valence-corrected chi connectivity index (χ3v) is 5.02. The highest BCUT2D eigenvalue weighted by Gasteiger charge is 2.32. The molecule has 1 N–H and O–H groups in total. The summed E-state index contributed by atoms with van der Waals surface area (Å²) >= 11 is 0. The van der Waals surface area contributed by atoms with E-state index in [0.29, 0.717) is 19.8 Å². The van der Waals surface area contributed by atoms with Crippen molar-refractivity contribution in [2.24, 2.45) is 4.99 Å². The van der Waals surface area contributed by atoms with E-state index in [-0.39, 0.29) is 36.2 Å². The second-order valence-corrected chi connectivity index (χ2v) is 6.95. The maximum atomic E-state index is 5.97. The standard InChI is InChI=1S/C20H31N3O3.HI/c1-15-6-4-7-16(2)19(15)26-12-9-22-20(21-3)23-10-13-25-18(14-23)17-8-5-11-24-17;/h4,6-7,17-18H,5,8-14H2,1-3H3,(H,21,22);1H. The van der Waals surface area contributed by atoms with Crippen molar-refractivity contribution in [3.8, 4) is 5.75 Å². The van der Waals surface area contributed by atoms with Crippen LogP contribution < -0.4 is 10.1 Å². The molecule has 3 rings (SSSR count). The van der Waals surface area contributed by atoms with Gasteiger partial charge >= 0.3 is 0 Å². The van der Waals surface area contributed by atoms with Crippen LogP contribution in [0.3, 0.4) is 0 Å². The first-order valence-electron chi connectivity index (χ1n) is 9.57. The molecule has 2 fully saturated rings. The van der Waals surface area contributed by atoms with E-state index in [0.717, 1.165) is 44.2 Å². The average molecular weight is 489 g/mol. The van der Waals surface area contributed by atoms with E-state index in [4.69, 9.17) is 14.2 Å². The number of hydrogen-bond donors (Lipinski definition) is 1. The third-order valence-electron chi connectivity index (χ3n) is 5.02. The Kier molecular flexibility index (Phi) is 9.11. The summed E-state index contributed by atoms with van der Waals surface area (Å²) in [7, 11) is 1.82. The quantitative estimate of drug-likeness (QED) is 0.299. The fraction of sp³-hybridized carbons (Fsp3) is 0.650. The number of hydrogen-bond acceptors (Lipinski definition) is 4. The van der Waals surface area contributed by atoms with Gasteiger partial charge in [-0.2, -0.15) is 0 Å². The Hall–Kier alpha value is -1.06. The van der Waals surface area contributed by atoms with E-state index >= 15 is 0 Å². The number of para-hydroxylation sites is 1. The maximum Gasteiger partial charge on any atom is 0.193 e. The van der Waals surface area contributed by atoms with Crippen LogP contribution in [-0.2, 0) is 9.47 Å². The van der Waals surface area contributed by atoms with Crippen molar-refractivity contribution in [2.75, 3.05) is 46.5 Å². The Bertz CT molecular complexity index is 600. The first-order valence-corrected chi connectivity index (χ1v) is 9.57. The molecule has 1 aromatic rings. The van der Waals surface area contributed by atoms with E-state index in [1.54, 1.807) is 0 Å². The molecule has 7 heteroatoms. The van der Waals surface area contributed by atoms with Crippen molar-refractivity contribution in [2.45, 2.75) is 38.9 Å². The molecule has 2 aliphatic heterocycles. The summed E-state index contributed by atoms with van der Waals surface area (Å²) in [6, 6.07) is 6.21. The molecule has 0 aromatic heterocycles. The summed E-state index contributed by atoms with van der Waals surface area (Å²) in [5.41, 5.74) is 2.34. The van der Waals surface area contributed by atoms with Crippen molar-refractivity contribution in [3.63, 3.8) is 0 Å². The van der Waals surface area contributed by atoms with Crippen LogP contribution in [0.25, 0.3) is 0 Å². The lowest BCUT2D eigenvalue weighted by Crippen LogP contribution is -2.53. The van der Waals surface area contributed by atoms with Crippen LogP contribution in [0.1, 0.15) is 24.0 Å². The Morgan fingerprint density at radius 1 is 1.22 bits per heavy atom. The summed E-state index contributed by atoms with van der Waals surface area (Å²) in [4.78, 5) is 6.69. The fourth-order valence-corrected chi connectivity index (χ4v) is 3.66. The molecule has 0 spiro atoms. The molecule has 2 aliphatic rings. The maximum absolute atomic E-state index is 5.97. The lowest BCUT2D eigenvalue weighted by molar-refractivity contribution is -0.0817. The van der Waals surface area contributed by atoms with Gasteiger partial charge in [0.05, 0.1) is 19.3 Å². The second kappa shape index (κ2) is 11.1. The summed E-state index contributed by atoms with van der Waals surface area (Å²) in [5, 5.41) is 3.41. The Labute approximate surface area is 179 Å². The van der Waals surface area contributed by atoms with Crippen molar-refractivity contribution in [1.29, 1.82) is 0 Å². The highest BCUT2D eigenvalue weighted by Crippen LogP contribution is 2.22. The van der Waals surface area contributed by atoms with Gasteiger partial charge in [-0.1, -0.05) is 18.2 Å². The number of nitrogens with one attached hydrogen (secondary N) is 1. The molecule has 0 bridgehead atoms. The van der Waals surface area contributed by atoms with Gasteiger partial charge in [-0.3, -0.25) is 4.99 Å². The second-order valence-electron chi connectivity index (χ2n) is 6.95.